The van der Waals surface area contributed by atoms with Gasteiger partial charge in [0.2, 0.25) is 11.1 Å². The molecule has 2 bridgehead atoms. The molecule has 1 aromatic heterocycles. The molecule has 1 heterocycles. The smallest absolute Gasteiger partial charge is 0.230 e. The van der Waals surface area contributed by atoms with Crippen LogP contribution in [0.2, 0.25) is 0 Å². The van der Waals surface area contributed by atoms with Gasteiger partial charge in [-0.2, -0.15) is 0 Å². The van der Waals surface area contributed by atoms with Crippen molar-refractivity contribution in [2.45, 2.75) is 50.2 Å². The van der Waals surface area contributed by atoms with Gasteiger partial charge in [0.1, 0.15) is 0 Å². The number of nitrogen functional groups attached to an aromatic ring is 1. The molecule has 2 aromatic carbocycles. The van der Waals surface area contributed by atoms with E-state index < -0.39 is 0 Å². The first kappa shape index (κ1) is 20.4. The van der Waals surface area contributed by atoms with Crippen molar-refractivity contribution in [3.8, 4) is 0 Å². The molecule has 6 nitrogen and oxygen atoms in total. The van der Waals surface area contributed by atoms with Crippen molar-refractivity contribution in [2.24, 2.45) is 17.8 Å². The predicted octanol–water partition coefficient (Wildman–Crippen LogP) is 3.77. The summed E-state index contributed by atoms with van der Waals surface area (Å²) >= 11 is 1.34. The average Bonchev–Trinajstić information content (AvgIpc) is 3.50. The van der Waals surface area contributed by atoms with Crippen LogP contribution in [-0.2, 0) is 11.2 Å². The fourth-order valence-electron chi connectivity index (χ4n) is 5.58. The normalized spacial score (nSPS) is 23.3. The summed E-state index contributed by atoms with van der Waals surface area (Å²) in [5.74, 6) is 9.62. The number of fused-ring (bicyclic) bond motifs is 3. The number of hydrogen-bond acceptors (Lipinski definition) is 5. The Morgan fingerprint density at radius 2 is 2.03 bits per heavy atom. The van der Waals surface area contributed by atoms with Crippen LogP contribution in [0.3, 0.4) is 0 Å². The minimum absolute atomic E-state index is 0.0406. The number of carbonyl (C=O) groups excluding carboxylic acids is 1. The maximum Gasteiger partial charge on any atom is 0.230 e. The van der Waals surface area contributed by atoms with Crippen LogP contribution < -0.4 is 11.2 Å². The zero-order chi connectivity index (χ0) is 21.4. The van der Waals surface area contributed by atoms with E-state index in [4.69, 9.17) is 5.84 Å². The molecule has 0 unspecified atom stereocenters. The summed E-state index contributed by atoms with van der Waals surface area (Å²) in [6, 6.07) is 14.8. The standard InChI is InChI=1S/C24H29N5OS/c1-15(21-12-16-9-10-19(21)11-16)26-23(30)14-31-24-28-27-22(29(24)25)13-18-7-4-6-17-5-2-3-8-20(17)18/h2-8,15-16,19,21H,9-14,25H2,1H3,(H,26,30)/t15-,16+,19+,21+/m1/s1. The van der Waals surface area contributed by atoms with E-state index in [0.29, 0.717) is 29.1 Å². The largest absolute Gasteiger partial charge is 0.353 e. The number of benzene rings is 2. The minimum Gasteiger partial charge on any atom is -0.353 e. The second kappa shape index (κ2) is 8.54. The summed E-state index contributed by atoms with van der Waals surface area (Å²) in [5, 5.41) is 14.7. The third-order valence-electron chi connectivity index (χ3n) is 7.12. The number of nitrogens with two attached hydrogens (primary N) is 1. The summed E-state index contributed by atoms with van der Waals surface area (Å²) in [5.41, 5.74) is 1.16. The molecular formula is C24H29N5OS. The van der Waals surface area contributed by atoms with Crippen molar-refractivity contribution in [3.63, 3.8) is 0 Å². The molecule has 2 aliphatic carbocycles. The van der Waals surface area contributed by atoms with Crippen molar-refractivity contribution in [2.75, 3.05) is 11.6 Å². The van der Waals surface area contributed by atoms with Gasteiger partial charge in [0.05, 0.1) is 5.75 Å². The summed E-state index contributed by atoms with van der Waals surface area (Å²) in [6.07, 6.45) is 5.94. The maximum absolute atomic E-state index is 12.5. The number of hydrogen-bond donors (Lipinski definition) is 2. The molecule has 1 amide bonds. The van der Waals surface area contributed by atoms with Gasteiger partial charge >= 0.3 is 0 Å². The molecule has 0 radical (unpaired) electrons. The number of rotatable bonds is 7. The van der Waals surface area contributed by atoms with Gasteiger partial charge in [0.25, 0.3) is 0 Å². The van der Waals surface area contributed by atoms with Gasteiger partial charge < -0.3 is 11.2 Å². The van der Waals surface area contributed by atoms with Gasteiger partial charge in [0, 0.05) is 12.5 Å². The lowest BCUT2D eigenvalue weighted by Crippen LogP contribution is -2.41. The Morgan fingerprint density at radius 3 is 2.84 bits per heavy atom. The van der Waals surface area contributed by atoms with Crippen LogP contribution in [0.5, 0.6) is 0 Å². The predicted molar refractivity (Wildman–Crippen MR) is 124 cm³/mol. The molecule has 4 atom stereocenters. The van der Waals surface area contributed by atoms with E-state index in [1.165, 1.54) is 52.9 Å². The molecule has 2 aliphatic rings. The number of amides is 1. The van der Waals surface area contributed by atoms with Gasteiger partial charge in [0.15, 0.2) is 5.82 Å². The Balaban J connectivity index is 1.19. The molecule has 0 saturated heterocycles. The fourth-order valence-corrected chi connectivity index (χ4v) is 6.27. The molecule has 3 N–H and O–H groups in total. The Labute approximate surface area is 187 Å². The topological polar surface area (TPSA) is 85.8 Å². The number of nitrogens with zero attached hydrogens (tertiary/aromatic N) is 3. The molecule has 0 spiro atoms. The molecule has 7 heteroatoms. The Bertz CT molecular complexity index is 1090. The summed E-state index contributed by atoms with van der Waals surface area (Å²) in [6.45, 7) is 2.15. The zero-order valence-electron chi connectivity index (χ0n) is 17.8. The highest BCUT2D eigenvalue weighted by atomic mass is 32.2. The molecular weight excluding hydrogens is 406 g/mol. The van der Waals surface area contributed by atoms with Crippen LogP contribution in [-0.4, -0.2) is 32.6 Å². The second-order valence-corrected chi connectivity index (χ2v) is 10.0. The van der Waals surface area contributed by atoms with Gasteiger partial charge in [-0.25, -0.2) is 4.68 Å². The first-order valence-electron chi connectivity index (χ1n) is 11.2. The third-order valence-corrected chi connectivity index (χ3v) is 8.06. The average molecular weight is 436 g/mol. The maximum atomic E-state index is 12.5. The molecule has 3 aromatic rings. The number of nitrogens with one attached hydrogen (secondary N) is 1. The van der Waals surface area contributed by atoms with Crippen molar-refractivity contribution in [1.82, 2.24) is 20.2 Å². The van der Waals surface area contributed by atoms with Crippen LogP contribution in [0.4, 0.5) is 0 Å². The minimum atomic E-state index is 0.0406. The van der Waals surface area contributed by atoms with Crippen molar-refractivity contribution < 1.29 is 4.79 Å². The molecule has 2 saturated carbocycles. The molecule has 0 aliphatic heterocycles. The third kappa shape index (κ3) is 4.15. The highest BCUT2D eigenvalue weighted by Crippen LogP contribution is 2.49. The van der Waals surface area contributed by atoms with Gasteiger partial charge in [-0.3, -0.25) is 4.79 Å². The lowest BCUT2D eigenvalue weighted by atomic mass is 9.84. The van der Waals surface area contributed by atoms with E-state index >= 15 is 0 Å². The quantitative estimate of drug-likeness (QED) is 0.436. The number of aromatic nitrogens is 3. The Kier molecular flexibility index (Phi) is 5.61. The Hall–Kier alpha value is -2.54. The summed E-state index contributed by atoms with van der Waals surface area (Å²) < 4.78 is 1.51. The fraction of sp³-hybridized carbons (Fsp3) is 0.458. The van der Waals surface area contributed by atoms with Crippen LogP contribution in [0, 0.1) is 17.8 Å². The van der Waals surface area contributed by atoms with Crippen molar-refractivity contribution >= 4 is 28.4 Å². The second-order valence-electron chi connectivity index (χ2n) is 9.07. The highest BCUT2D eigenvalue weighted by molar-refractivity contribution is 7.99. The van der Waals surface area contributed by atoms with E-state index in [2.05, 4.69) is 46.7 Å². The van der Waals surface area contributed by atoms with E-state index in [-0.39, 0.29) is 11.9 Å². The van der Waals surface area contributed by atoms with E-state index in [1.54, 1.807) is 0 Å². The van der Waals surface area contributed by atoms with Crippen LogP contribution in [0.15, 0.2) is 47.6 Å². The van der Waals surface area contributed by atoms with Crippen LogP contribution in [0.1, 0.15) is 44.0 Å². The molecule has 31 heavy (non-hydrogen) atoms. The summed E-state index contributed by atoms with van der Waals surface area (Å²) in [7, 11) is 0. The van der Waals surface area contributed by atoms with Gasteiger partial charge in [-0.15, -0.1) is 10.2 Å². The first-order valence-corrected chi connectivity index (χ1v) is 12.1. The zero-order valence-corrected chi connectivity index (χ0v) is 18.6. The Morgan fingerprint density at radius 1 is 1.19 bits per heavy atom. The lowest BCUT2D eigenvalue weighted by Gasteiger charge is -2.28. The number of carbonyl (C=O) groups is 1. The van der Waals surface area contributed by atoms with E-state index in [1.807, 2.05) is 18.2 Å². The molecule has 5 rings (SSSR count). The molecule has 2 fully saturated rings. The van der Waals surface area contributed by atoms with Gasteiger partial charge in [-0.1, -0.05) is 60.6 Å². The molecule has 162 valence electrons. The van der Waals surface area contributed by atoms with E-state index in [0.717, 1.165) is 17.4 Å². The van der Waals surface area contributed by atoms with Gasteiger partial charge in [-0.05, 0) is 60.3 Å². The van der Waals surface area contributed by atoms with Crippen LogP contribution >= 0.6 is 11.8 Å². The monoisotopic (exact) mass is 435 g/mol. The SMILES string of the molecule is C[C@@H](NC(=O)CSc1nnc(Cc2cccc3ccccc23)n1N)[C@@H]1C[C@H]2CC[C@H]1C2. The van der Waals surface area contributed by atoms with Crippen molar-refractivity contribution in [1.29, 1.82) is 0 Å². The van der Waals surface area contributed by atoms with Crippen molar-refractivity contribution in [3.05, 3.63) is 53.9 Å². The van der Waals surface area contributed by atoms with E-state index in [9.17, 15) is 4.79 Å². The van der Waals surface area contributed by atoms with Crippen LogP contribution in [0.25, 0.3) is 10.8 Å². The number of thioether (sulfide) groups is 1. The first-order chi connectivity index (χ1) is 15.1. The lowest BCUT2D eigenvalue weighted by molar-refractivity contribution is -0.119. The highest BCUT2D eigenvalue weighted by Gasteiger charge is 2.42. The summed E-state index contributed by atoms with van der Waals surface area (Å²) in [4.78, 5) is 12.5.